The third-order valence-electron chi connectivity index (χ3n) is 8.55. The number of aromatic nitrogens is 2. The van der Waals surface area contributed by atoms with Gasteiger partial charge in [-0.15, -0.1) is 0 Å². The zero-order valence-electron chi connectivity index (χ0n) is 21.4. The monoisotopic (exact) mass is 487 g/mol. The number of carbonyl (C=O) groups is 1. The van der Waals surface area contributed by atoms with Gasteiger partial charge in [-0.2, -0.15) is 5.10 Å². The molecule has 1 aliphatic carbocycles. The van der Waals surface area contributed by atoms with Gasteiger partial charge in [-0.1, -0.05) is 24.3 Å². The standard InChI is InChI=1S/C29H37N5O2/c1-20(2)33-10-8-23(18-33)21-3-5-22(6-4-21)25-17-28-27(7-9-30-34(28)19-25)31-11-13-32(14-12-31)29(36)24-15-26(35)16-24/h3-7,9,17,19-20,23-24,26,35H,8,10-16,18H2,1-2H3/t23-,24-,26-/m1/s1. The highest BCUT2D eigenvalue weighted by Gasteiger charge is 2.36. The highest BCUT2D eigenvalue weighted by Crippen LogP contribution is 2.33. The first kappa shape index (κ1) is 23.5. The van der Waals surface area contributed by atoms with Crippen LogP contribution in [-0.4, -0.2) is 81.8 Å². The largest absolute Gasteiger partial charge is 0.393 e. The Morgan fingerprint density at radius 2 is 1.75 bits per heavy atom. The lowest BCUT2D eigenvalue weighted by Crippen LogP contribution is -2.52. The summed E-state index contributed by atoms with van der Waals surface area (Å²) in [5.74, 6) is 0.854. The van der Waals surface area contributed by atoms with Crippen molar-refractivity contribution in [2.45, 2.75) is 51.2 Å². The Morgan fingerprint density at radius 3 is 2.42 bits per heavy atom. The zero-order valence-corrected chi connectivity index (χ0v) is 21.4. The van der Waals surface area contributed by atoms with Crippen LogP contribution in [0.5, 0.6) is 0 Å². The molecule has 2 aromatic heterocycles. The molecule has 1 aromatic carbocycles. The highest BCUT2D eigenvalue weighted by atomic mass is 16.3. The van der Waals surface area contributed by atoms with Crippen LogP contribution in [0.2, 0.25) is 0 Å². The van der Waals surface area contributed by atoms with E-state index in [1.807, 2.05) is 15.6 Å². The molecule has 1 amide bonds. The second kappa shape index (κ2) is 9.52. The lowest BCUT2D eigenvalue weighted by Gasteiger charge is -2.40. The fourth-order valence-electron chi connectivity index (χ4n) is 6.12. The number of rotatable bonds is 5. The number of nitrogens with zero attached hydrogens (tertiary/aromatic N) is 5. The van der Waals surface area contributed by atoms with Gasteiger partial charge in [0, 0.05) is 62.6 Å². The lowest BCUT2D eigenvalue weighted by molar-refractivity contribution is -0.142. The minimum atomic E-state index is -0.289. The maximum Gasteiger partial charge on any atom is 0.226 e. The minimum Gasteiger partial charge on any atom is -0.393 e. The van der Waals surface area contributed by atoms with Crippen molar-refractivity contribution < 1.29 is 9.90 Å². The molecule has 3 fully saturated rings. The molecule has 2 saturated heterocycles. The lowest BCUT2D eigenvalue weighted by atomic mass is 9.81. The van der Waals surface area contributed by atoms with Gasteiger partial charge in [-0.05, 0) is 68.8 Å². The summed E-state index contributed by atoms with van der Waals surface area (Å²) in [5, 5.41) is 14.1. The number of anilines is 1. The fourth-order valence-corrected chi connectivity index (χ4v) is 6.12. The summed E-state index contributed by atoms with van der Waals surface area (Å²) in [4.78, 5) is 19.6. The predicted molar refractivity (Wildman–Crippen MR) is 142 cm³/mol. The molecule has 4 heterocycles. The van der Waals surface area contributed by atoms with Crippen molar-refractivity contribution in [2.75, 3.05) is 44.2 Å². The Balaban J connectivity index is 1.15. The number of benzene rings is 1. The van der Waals surface area contributed by atoms with Crippen molar-refractivity contribution >= 4 is 17.1 Å². The van der Waals surface area contributed by atoms with Gasteiger partial charge in [-0.25, -0.2) is 4.52 Å². The molecule has 2 aliphatic heterocycles. The normalized spacial score (nSPS) is 25.1. The van der Waals surface area contributed by atoms with E-state index in [1.165, 1.54) is 35.3 Å². The molecule has 0 unspecified atom stereocenters. The number of aliphatic hydroxyl groups is 1. The molecule has 3 aliphatic rings. The maximum atomic E-state index is 12.7. The average Bonchev–Trinajstić information content (AvgIpc) is 3.54. The minimum absolute atomic E-state index is 0.0153. The van der Waals surface area contributed by atoms with E-state index >= 15 is 0 Å². The van der Waals surface area contributed by atoms with Crippen LogP contribution in [0.15, 0.2) is 48.8 Å². The van der Waals surface area contributed by atoms with Crippen LogP contribution < -0.4 is 4.90 Å². The number of amides is 1. The number of piperazine rings is 1. The maximum absolute atomic E-state index is 12.7. The third-order valence-corrected chi connectivity index (χ3v) is 8.55. The average molecular weight is 488 g/mol. The summed E-state index contributed by atoms with van der Waals surface area (Å²) in [5.41, 5.74) is 6.09. The smallest absolute Gasteiger partial charge is 0.226 e. The number of likely N-dealkylation sites (tertiary alicyclic amines) is 1. The molecular formula is C29H37N5O2. The van der Waals surface area contributed by atoms with E-state index in [-0.39, 0.29) is 17.9 Å². The van der Waals surface area contributed by atoms with Crippen molar-refractivity contribution in [3.63, 3.8) is 0 Å². The summed E-state index contributed by atoms with van der Waals surface area (Å²) >= 11 is 0. The summed E-state index contributed by atoms with van der Waals surface area (Å²) in [6.45, 7) is 9.99. The molecule has 1 N–H and O–H groups in total. The van der Waals surface area contributed by atoms with Crippen LogP contribution in [0.25, 0.3) is 16.6 Å². The van der Waals surface area contributed by atoms with E-state index in [2.05, 4.69) is 71.3 Å². The van der Waals surface area contributed by atoms with E-state index in [0.29, 0.717) is 24.8 Å². The summed E-state index contributed by atoms with van der Waals surface area (Å²) in [7, 11) is 0. The van der Waals surface area contributed by atoms with E-state index in [4.69, 9.17) is 0 Å². The third kappa shape index (κ3) is 4.39. The number of fused-ring (bicyclic) bond motifs is 1. The van der Waals surface area contributed by atoms with E-state index in [0.717, 1.165) is 38.2 Å². The van der Waals surface area contributed by atoms with Gasteiger partial charge in [-0.3, -0.25) is 4.79 Å². The van der Waals surface area contributed by atoms with Crippen LogP contribution >= 0.6 is 0 Å². The number of hydrogen-bond donors (Lipinski definition) is 1. The van der Waals surface area contributed by atoms with Crippen LogP contribution in [-0.2, 0) is 4.79 Å². The highest BCUT2D eigenvalue weighted by molar-refractivity contribution is 5.82. The van der Waals surface area contributed by atoms with Crippen molar-refractivity contribution in [2.24, 2.45) is 5.92 Å². The van der Waals surface area contributed by atoms with E-state index in [9.17, 15) is 9.90 Å². The fraction of sp³-hybridized carbons (Fsp3) is 0.517. The Labute approximate surface area is 213 Å². The number of aliphatic hydroxyl groups excluding tert-OH is 1. The number of hydrogen-bond acceptors (Lipinski definition) is 5. The van der Waals surface area contributed by atoms with Gasteiger partial charge in [0.15, 0.2) is 0 Å². The molecule has 1 saturated carbocycles. The van der Waals surface area contributed by atoms with Crippen molar-refractivity contribution in [3.05, 3.63) is 54.4 Å². The quantitative estimate of drug-likeness (QED) is 0.596. The first-order valence-corrected chi connectivity index (χ1v) is 13.5. The van der Waals surface area contributed by atoms with Crippen molar-refractivity contribution in [1.82, 2.24) is 19.4 Å². The Morgan fingerprint density at radius 1 is 1.00 bits per heavy atom. The van der Waals surface area contributed by atoms with Gasteiger partial charge >= 0.3 is 0 Å². The molecule has 190 valence electrons. The molecule has 36 heavy (non-hydrogen) atoms. The van der Waals surface area contributed by atoms with Crippen LogP contribution in [0, 0.1) is 5.92 Å². The molecule has 3 aromatic rings. The molecule has 1 atom stereocenters. The van der Waals surface area contributed by atoms with E-state index in [1.54, 1.807) is 0 Å². The van der Waals surface area contributed by atoms with Crippen LogP contribution in [0.4, 0.5) is 5.69 Å². The van der Waals surface area contributed by atoms with Crippen molar-refractivity contribution in [3.8, 4) is 11.1 Å². The molecule has 7 heteroatoms. The van der Waals surface area contributed by atoms with Gasteiger partial charge in [0.25, 0.3) is 0 Å². The van der Waals surface area contributed by atoms with Gasteiger partial charge in [0.1, 0.15) is 0 Å². The van der Waals surface area contributed by atoms with Gasteiger partial charge < -0.3 is 19.8 Å². The molecule has 7 nitrogen and oxygen atoms in total. The van der Waals surface area contributed by atoms with Gasteiger partial charge in [0.2, 0.25) is 5.91 Å². The predicted octanol–water partition coefficient (Wildman–Crippen LogP) is 3.62. The first-order valence-electron chi connectivity index (χ1n) is 13.5. The van der Waals surface area contributed by atoms with Crippen LogP contribution in [0.1, 0.15) is 44.6 Å². The topological polar surface area (TPSA) is 64.3 Å². The Hall–Kier alpha value is -2.90. The first-order chi connectivity index (χ1) is 17.5. The SMILES string of the molecule is CC(C)N1CC[C@@H](c2ccc(-c3cc4c(N5CCN(C(=O)[C@H]6C[C@H](O)C6)CC5)ccnn4c3)cc2)C1. The summed E-state index contributed by atoms with van der Waals surface area (Å²) in [6, 6.07) is 14.1. The summed E-state index contributed by atoms with van der Waals surface area (Å²) < 4.78 is 1.98. The van der Waals surface area contributed by atoms with Crippen LogP contribution in [0.3, 0.4) is 0 Å². The Bertz CT molecular complexity index is 1220. The second-order valence-corrected chi connectivity index (χ2v) is 11.1. The van der Waals surface area contributed by atoms with Crippen molar-refractivity contribution in [1.29, 1.82) is 0 Å². The number of carbonyl (C=O) groups excluding carboxylic acids is 1. The molecule has 0 radical (unpaired) electrons. The Kier molecular flexibility index (Phi) is 6.21. The molecular weight excluding hydrogens is 450 g/mol. The summed E-state index contributed by atoms with van der Waals surface area (Å²) in [6.07, 6.45) is 6.17. The second-order valence-electron chi connectivity index (χ2n) is 11.1. The molecule has 0 bridgehead atoms. The molecule has 0 spiro atoms. The van der Waals surface area contributed by atoms with Gasteiger partial charge in [0.05, 0.1) is 17.3 Å². The van der Waals surface area contributed by atoms with E-state index < -0.39 is 0 Å². The molecule has 6 rings (SSSR count). The zero-order chi connectivity index (χ0) is 24.8.